The van der Waals surface area contributed by atoms with Crippen LogP contribution in [0.15, 0.2) is 42.7 Å². The molecule has 3 rings (SSSR count). The first-order chi connectivity index (χ1) is 11.3. The molecular weight excluding hydrogens is 308 g/mol. The number of hydrogen-bond donors (Lipinski definition) is 0. The van der Waals surface area contributed by atoms with Gasteiger partial charge in [-0.2, -0.15) is 0 Å². The zero-order valence-corrected chi connectivity index (χ0v) is 14.4. The van der Waals surface area contributed by atoms with Crippen molar-refractivity contribution in [3.05, 3.63) is 54.1 Å². The molecule has 0 aliphatic carbocycles. The van der Waals surface area contributed by atoms with E-state index in [1.807, 2.05) is 39.8 Å². The Balaban J connectivity index is 1.84. The summed E-state index contributed by atoms with van der Waals surface area (Å²) in [5, 5.41) is 0. The first-order valence-electron chi connectivity index (χ1n) is 7.95. The van der Waals surface area contributed by atoms with E-state index >= 15 is 0 Å². The van der Waals surface area contributed by atoms with Gasteiger partial charge in [0.15, 0.2) is 0 Å². The number of aromatic nitrogens is 1. The Morgan fingerprint density at radius 3 is 2.29 bits per heavy atom. The molecule has 0 saturated carbocycles. The first-order valence-corrected chi connectivity index (χ1v) is 7.95. The molecule has 2 aromatic rings. The molecule has 0 radical (unpaired) electrons. The molecule has 0 spiro atoms. The van der Waals surface area contributed by atoms with Crippen molar-refractivity contribution in [2.45, 2.75) is 45.5 Å². The SMILES string of the molecule is CC1(C)OB(c2cc(F)ccc2OCc2ccncc2)OC1(C)C. The van der Waals surface area contributed by atoms with E-state index < -0.39 is 18.3 Å². The summed E-state index contributed by atoms with van der Waals surface area (Å²) in [6, 6.07) is 8.13. The normalized spacial score (nSPS) is 18.6. The highest BCUT2D eigenvalue weighted by Crippen LogP contribution is 2.37. The third-order valence-corrected chi connectivity index (χ3v) is 4.62. The average molecular weight is 329 g/mol. The maximum absolute atomic E-state index is 13.8. The van der Waals surface area contributed by atoms with Crippen LogP contribution in [-0.2, 0) is 15.9 Å². The highest BCUT2D eigenvalue weighted by atomic mass is 19.1. The van der Waals surface area contributed by atoms with Gasteiger partial charge in [0.25, 0.3) is 0 Å². The van der Waals surface area contributed by atoms with Crippen molar-refractivity contribution < 1.29 is 18.4 Å². The highest BCUT2D eigenvalue weighted by Gasteiger charge is 2.52. The van der Waals surface area contributed by atoms with Gasteiger partial charge in [0, 0.05) is 17.9 Å². The second-order valence-electron chi connectivity index (χ2n) is 6.91. The molecule has 4 nitrogen and oxygen atoms in total. The largest absolute Gasteiger partial charge is 0.498 e. The number of ether oxygens (including phenoxy) is 1. The molecule has 0 bridgehead atoms. The van der Waals surface area contributed by atoms with Crippen LogP contribution in [-0.4, -0.2) is 23.3 Å². The summed E-state index contributed by atoms with van der Waals surface area (Å²) < 4.78 is 31.7. The molecule has 1 fully saturated rings. The lowest BCUT2D eigenvalue weighted by molar-refractivity contribution is 0.00578. The molecule has 2 heterocycles. The smallest absolute Gasteiger partial charge is 0.489 e. The minimum Gasteiger partial charge on any atom is -0.489 e. The zero-order valence-electron chi connectivity index (χ0n) is 14.4. The number of nitrogens with zero attached hydrogens (tertiary/aromatic N) is 1. The Bertz CT molecular complexity index is 705. The summed E-state index contributed by atoms with van der Waals surface area (Å²) in [4.78, 5) is 3.98. The van der Waals surface area contributed by atoms with Crippen LogP contribution in [0.3, 0.4) is 0 Å². The fourth-order valence-electron chi connectivity index (χ4n) is 2.45. The molecule has 1 aliphatic heterocycles. The van der Waals surface area contributed by atoms with E-state index in [1.165, 1.54) is 12.1 Å². The molecule has 1 aromatic heterocycles. The predicted octanol–water partition coefficient (Wildman–Crippen LogP) is 3.10. The van der Waals surface area contributed by atoms with Gasteiger partial charge in [-0.3, -0.25) is 4.98 Å². The molecule has 0 unspecified atom stereocenters. The summed E-state index contributed by atoms with van der Waals surface area (Å²) in [6.07, 6.45) is 3.41. The van der Waals surface area contributed by atoms with E-state index in [-0.39, 0.29) is 5.82 Å². The molecule has 126 valence electrons. The molecular formula is C18H21BFNO3. The van der Waals surface area contributed by atoms with Gasteiger partial charge in [-0.1, -0.05) is 0 Å². The second-order valence-corrected chi connectivity index (χ2v) is 6.91. The molecule has 24 heavy (non-hydrogen) atoms. The highest BCUT2D eigenvalue weighted by molar-refractivity contribution is 6.63. The maximum atomic E-state index is 13.8. The summed E-state index contributed by atoms with van der Waals surface area (Å²) in [7, 11) is -0.668. The van der Waals surface area contributed by atoms with Crippen molar-refractivity contribution in [2.75, 3.05) is 0 Å². The summed E-state index contributed by atoms with van der Waals surface area (Å²) >= 11 is 0. The molecule has 1 aromatic carbocycles. The van der Waals surface area contributed by atoms with Crippen LogP contribution in [0.2, 0.25) is 0 Å². The fourth-order valence-corrected chi connectivity index (χ4v) is 2.45. The maximum Gasteiger partial charge on any atom is 0.498 e. The second kappa shape index (κ2) is 6.18. The van der Waals surface area contributed by atoms with Gasteiger partial charge in [-0.15, -0.1) is 0 Å². The summed E-state index contributed by atoms with van der Waals surface area (Å²) in [5.41, 5.74) is 0.551. The third kappa shape index (κ3) is 3.30. The Hall–Kier alpha value is -1.92. The number of hydrogen-bond acceptors (Lipinski definition) is 4. The van der Waals surface area contributed by atoms with Gasteiger partial charge in [-0.05, 0) is 63.6 Å². The van der Waals surface area contributed by atoms with Crippen LogP contribution in [0, 0.1) is 5.82 Å². The number of benzene rings is 1. The van der Waals surface area contributed by atoms with Crippen molar-refractivity contribution in [1.29, 1.82) is 0 Å². The van der Waals surface area contributed by atoms with Crippen LogP contribution < -0.4 is 10.2 Å². The third-order valence-electron chi connectivity index (χ3n) is 4.62. The number of pyridine rings is 1. The van der Waals surface area contributed by atoms with Crippen LogP contribution in [0.25, 0.3) is 0 Å². The Kier molecular flexibility index (Phi) is 4.36. The van der Waals surface area contributed by atoms with Gasteiger partial charge < -0.3 is 14.0 Å². The van der Waals surface area contributed by atoms with E-state index in [4.69, 9.17) is 14.0 Å². The van der Waals surface area contributed by atoms with E-state index in [1.54, 1.807) is 18.5 Å². The van der Waals surface area contributed by atoms with E-state index in [9.17, 15) is 4.39 Å². The molecule has 6 heteroatoms. The lowest BCUT2D eigenvalue weighted by Crippen LogP contribution is -2.41. The van der Waals surface area contributed by atoms with Gasteiger partial charge in [-0.25, -0.2) is 4.39 Å². The van der Waals surface area contributed by atoms with Crippen LogP contribution >= 0.6 is 0 Å². The lowest BCUT2D eigenvalue weighted by atomic mass is 9.78. The predicted molar refractivity (Wildman–Crippen MR) is 90.7 cm³/mol. The molecule has 0 N–H and O–H groups in total. The van der Waals surface area contributed by atoms with E-state index in [2.05, 4.69) is 4.98 Å². The fraction of sp³-hybridized carbons (Fsp3) is 0.389. The van der Waals surface area contributed by atoms with E-state index in [0.29, 0.717) is 17.8 Å². The van der Waals surface area contributed by atoms with Gasteiger partial charge >= 0.3 is 7.12 Å². The van der Waals surface area contributed by atoms with Crippen LogP contribution in [0.4, 0.5) is 4.39 Å². The summed E-state index contributed by atoms with van der Waals surface area (Å²) in [5.74, 6) is 0.197. The Morgan fingerprint density at radius 2 is 1.67 bits per heavy atom. The van der Waals surface area contributed by atoms with Gasteiger partial charge in [0.1, 0.15) is 18.2 Å². The monoisotopic (exact) mass is 329 g/mol. The Labute approximate surface area is 142 Å². The number of halogens is 1. The Morgan fingerprint density at radius 1 is 1.04 bits per heavy atom. The van der Waals surface area contributed by atoms with E-state index in [0.717, 1.165) is 5.56 Å². The van der Waals surface area contributed by atoms with Crippen molar-refractivity contribution in [3.63, 3.8) is 0 Å². The van der Waals surface area contributed by atoms with Gasteiger partial charge in [0.05, 0.1) is 11.2 Å². The molecule has 1 saturated heterocycles. The average Bonchev–Trinajstić information content (AvgIpc) is 2.75. The standard InChI is InChI=1S/C18H21BFNO3/c1-17(2)18(3,4)24-19(23-17)15-11-14(20)5-6-16(15)22-12-13-7-9-21-10-8-13/h5-11H,12H2,1-4H3. The minimum absolute atomic E-state index is 0.351. The molecule has 0 amide bonds. The van der Waals surface area contributed by atoms with Crippen molar-refractivity contribution in [1.82, 2.24) is 4.98 Å². The van der Waals surface area contributed by atoms with Crippen LogP contribution in [0.1, 0.15) is 33.3 Å². The van der Waals surface area contributed by atoms with Crippen molar-refractivity contribution >= 4 is 12.6 Å². The molecule has 1 aliphatic rings. The quantitative estimate of drug-likeness (QED) is 0.808. The zero-order chi connectivity index (χ0) is 17.4. The van der Waals surface area contributed by atoms with Gasteiger partial charge in [0.2, 0.25) is 0 Å². The van der Waals surface area contributed by atoms with Crippen LogP contribution in [0.5, 0.6) is 5.75 Å². The first kappa shape index (κ1) is 16.9. The van der Waals surface area contributed by atoms with Crippen molar-refractivity contribution in [3.8, 4) is 5.75 Å². The minimum atomic E-state index is -0.668. The lowest BCUT2D eigenvalue weighted by Gasteiger charge is -2.32. The van der Waals surface area contributed by atoms with Crippen molar-refractivity contribution in [2.24, 2.45) is 0 Å². The number of rotatable bonds is 4. The topological polar surface area (TPSA) is 40.6 Å². The molecule has 0 atom stereocenters. The summed E-state index contributed by atoms with van der Waals surface area (Å²) in [6.45, 7) is 8.21.